The smallest absolute Gasteiger partial charge is 0.416 e. The van der Waals surface area contributed by atoms with Crippen LogP contribution in [0.2, 0.25) is 0 Å². The van der Waals surface area contributed by atoms with E-state index in [0.29, 0.717) is 24.5 Å². The van der Waals surface area contributed by atoms with Crippen molar-refractivity contribution in [1.29, 1.82) is 0 Å². The van der Waals surface area contributed by atoms with Crippen LogP contribution in [0.1, 0.15) is 60.6 Å². The Labute approximate surface area is 264 Å². The quantitative estimate of drug-likeness (QED) is 0.232. The fourth-order valence-corrected chi connectivity index (χ4v) is 7.73. The summed E-state index contributed by atoms with van der Waals surface area (Å²) in [6, 6.07) is 14.9. The lowest BCUT2D eigenvalue weighted by molar-refractivity contribution is -0.148. The zero-order valence-corrected chi connectivity index (χ0v) is 25.9. The van der Waals surface area contributed by atoms with E-state index in [1.807, 2.05) is 13.1 Å². The number of amides is 1. The average molecular weight is 662 g/mol. The molecule has 4 atom stereocenters. The van der Waals surface area contributed by atoms with Crippen molar-refractivity contribution in [1.82, 2.24) is 4.90 Å². The number of sulfonamides is 1. The molecule has 1 aliphatic carbocycles. The number of carbonyl (C=O) groups excluding carboxylic acids is 1. The standard InChI is InChI=1S/C33H35F4N3O5S/c1-40-16-4-6-22(19-40)21-5-2-7-25(17-21)46(44,45)39-24-13-10-20(11-14-24)26-8-3-9-27(30(26)32(42)43)31(41)38-29-15-12-23(18-28(29)34)33(35,36)37/h2,5,7,10-15,17-18,22,26-27,30,39H,3-4,6,8-9,16,19H2,1H3,(H,38,41)(H,42,43)/t22-,26-,27?,30?/m1/s1. The maximum atomic E-state index is 14.4. The summed E-state index contributed by atoms with van der Waals surface area (Å²) in [5.74, 6) is -5.98. The van der Waals surface area contributed by atoms with Gasteiger partial charge in [0, 0.05) is 12.2 Å². The zero-order valence-electron chi connectivity index (χ0n) is 25.1. The van der Waals surface area contributed by atoms with Gasteiger partial charge in [-0.25, -0.2) is 12.8 Å². The second kappa shape index (κ2) is 13.4. The molecule has 3 aromatic carbocycles. The van der Waals surface area contributed by atoms with Crippen molar-refractivity contribution in [3.8, 4) is 0 Å². The minimum Gasteiger partial charge on any atom is -0.481 e. The minimum atomic E-state index is -4.76. The number of likely N-dealkylation sites (N-methyl/N-ethyl adjacent to an activating group) is 1. The molecular weight excluding hydrogens is 626 g/mol. The van der Waals surface area contributed by atoms with Gasteiger partial charge < -0.3 is 15.3 Å². The molecule has 5 rings (SSSR count). The number of carbonyl (C=O) groups is 2. The largest absolute Gasteiger partial charge is 0.481 e. The van der Waals surface area contributed by atoms with Crippen LogP contribution >= 0.6 is 0 Å². The predicted molar refractivity (Wildman–Crippen MR) is 164 cm³/mol. The number of nitrogens with one attached hydrogen (secondary N) is 2. The summed E-state index contributed by atoms with van der Waals surface area (Å²) < 4.78 is 82.3. The van der Waals surface area contributed by atoms with Crippen LogP contribution in [0.4, 0.5) is 28.9 Å². The SMILES string of the molecule is CN1CCC[C@@H](c2cccc(S(=O)(=O)Nc3ccc([C@H]4CCCC(C(=O)Nc5ccc(C(F)(F)F)cc5F)C4C(=O)O)cc3)c2)C1. The lowest BCUT2D eigenvalue weighted by Gasteiger charge is -2.35. The van der Waals surface area contributed by atoms with Crippen molar-refractivity contribution in [3.05, 3.63) is 89.2 Å². The third-order valence-electron chi connectivity index (χ3n) is 8.93. The van der Waals surface area contributed by atoms with Gasteiger partial charge in [0.1, 0.15) is 5.82 Å². The zero-order chi connectivity index (χ0) is 33.2. The lowest BCUT2D eigenvalue weighted by Crippen LogP contribution is -2.40. The van der Waals surface area contributed by atoms with E-state index >= 15 is 0 Å². The molecule has 46 heavy (non-hydrogen) atoms. The number of aliphatic carboxylic acids is 1. The summed E-state index contributed by atoms with van der Waals surface area (Å²) in [6.45, 7) is 1.86. The van der Waals surface area contributed by atoms with Gasteiger partial charge in [-0.05, 0) is 105 Å². The summed E-state index contributed by atoms with van der Waals surface area (Å²) in [5.41, 5.74) is 0.133. The van der Waals surface area contributed by atoms with E-state index in [4.69, 9.17) is 0 Å². The fourth-order valence-electron chi connectivity index (χ4n) is 6.61. The lowest BCUT2D eigenvalue weighted by atomic mass is 9.69. The van der Waals surface area contributed by atoms with Crippen molar-refractivity contribution in [2.24, 2.45) is 11.8 Å². The molecular formula is C33H35F4N3O5S. The van der Waals surface area contributed by atoms with Gasteiger partial charge >= 0.3 is 12.1 Å². The van der Waals surface area contributed by atoms with Gasteiger partial charge in [0.15, 0.2) is 0 Å². The number of hydrogen-bond acceptors (Lipinski definition) is 5. The Morgan fingerprint density at radius 2 is 1.67 bits per heavy atom. The first kappa shape index (κ1) is 33.4. The number of likely N-dealkylation sites (tertiary alicyclic amines) is 1. The summed E-state index contributed by atoms with van der Waals surface area (Å²) in [6.07, 6.45) is -1.64. The molecule has 246 valence electrons. The molecule has 3 aromatic rings. The van der Waals surface area contributed by atoms with Crippen molar-refractivity contribution in [2.45, 2.75) is 55.0 Å². The van der Waals surface area contributed by atoms with Gasteiger partial charge in [-0.15, -0.1) is 0 Å². The van der Waals surface area contributed by atoms with E-state index in [1.165, 1.54) is 18.2 Å². The summed E-state index contributed by atoms with van der Waals surface area (Å²) in [4.78, 5) is 27.9. The molecule has 1 amide bonds. The highest BCUT2D eigenvalue weighted by Gasteiger charge is 2.43. The Bertz CT molecular complexity index is 1700. The molecule has 0 radical (unpaired) electrons. The third-order valence-corrected chi connectivity index (χ3v) is 10.3. The first-order valence-electron chi connectivity index (χ1n) is 15.0. The molecule has 2 aliphatic rings. The molecule has 0 aromatic heterocycles. The number of nitrogens with zero attached hydrogens (tertiary/aromatic N) is 1. The van der Waals surface area contributed by atoms with Crippen LogP contribution in [0.25, 0.3) is 0 Å². The number of carboxylic acids is 1. The van der Waals surface area contributed by atoms with Gasteiger partial charge in [-0.1, -0.05) is 30.7 Å². The second-order valence-corrected chi connectivity index (χ2v) is 13.8. The van der Waals surface area contributed by atoms with Gasteiger partial charge in [0.05, 0.1) is 28.0 Å². The van der Waals surface area contributed by atoms with E-state index in [-0.39, 0.29) is 29.0 Å². The Balaban J connectivity index is 1.29. The molecule has 1 saturated carbocycles. The number of hydrogen-bond donors (Lipinski definition) is 3. The summed E-state index contributed by atoms with van der Waals surface area (Å²) in [7, 11) is -1.87. The van der Waals surface area contributed by atoms with E-state index in [9.17, 15) is 40.7 Å². The molecule has 0 bridgehead atoms. The Hall–Kier alpha value is -3.97. The molecule has 2 unspecified atom stereocenters. The normalized spacial score (nSPS) is 22.6. The van der Waals surface area contributed by atoms with Gasteiger partial charge in [-0.2, -0.15) is 13.2 Å². The predicted octanol–water partition coefficient (Wildman–Crippen LogP) is 6.68. The Kier molecular flexibility index (Phi) is 9.73. The van der Waals surface area contributed by atoms with Crippen LogP contribution < -0.4 is 10.0 Å². The number of carboxylic acid groups (broad SMARTS) is 1. The minimum absolute atomic E-state index is 0.138. The van der Waals surface area contributed by atoms with Crippen molar-refractivity contribution in [2.75, 3.05) is 30.2 Å². The van der Waals surface area contributed by atoms with Crippen molar-refractivity contribution < 1.29 is 40.7 Å². The number of anilines is 2. The number of rotatable bonds is 8. The maximum absolute atomic E-state index is 14.4. The Morgan fingerprint density at radius 3 is 2.33 bits per heavy atom. The van der Waals surface area contributed by atoms with Gasteiger partial charge in [0.2, 0.25) is 5.91 Å². The number of halogens is 4. The fraction of sp³-hybridized carbons (Fsp3) is 0.394. The molecule has 2 fully saturated rings. The first-order valence-corrected chi connectivity index (χ1v) is 16.5. The molecule has 1 aliphatic heterocycles. The van der Waals surface area contributed by atoms with Gasteiger partial charge in [-0.3, -0.25) is 14.3 Å². The highest BCUT2D eigenvalue weighted by Crippen LogP contribution is 2.43. The highest BCUT2D eigenvalue weighted by molar-refractivity contribution is 7.92. The van der Waals surface area contributed by atoms with E-state index in [2.05, 4.69) is 14.9 Å². The summed E-state index contributed by atoms with van der Waals surface area (Å²) in [5, 5.41) is 12.4. The topological polar surface area (TPSA) is 116 Å². The van der Waals surface area contributed by atoms with Crippen LogP contribution in [-0.2, 0) is 25.8 Å². The number of benzene rings is 3. The second-order valence-electron chi connectivity index (χ2n) is 12.1. The molecule has 0 spiro atoms. The van der Waals surface area contributed by atoms with Crippen molar-refractivity contribution >= 4 is 33.3 Å². The first-order chi connectivity index (χ1) is 21.7. The average Bonchev–Trinajstić information content (AvgIpc) is 3.01. The number of piperidine rings is 1. The molecule has 1 saturated heterocycles. The van der Waals surface area contributed by atoms with E-state index in [0.717, 1.165) is 37.6 Å². The maximum Gasteiger partial charge on any atom is 0.416 e. The molecule has 8 nitrogen and oxygen atoms in total. The van der Waals surface area contributed by atoms with Crippen LogP contribution in [0.15, 0.2) is 71.6 Å². The van der Waals surface area contributed by atoms with Crippen LogP contribution in [-0.4, -0.2) is 50.4 Å². The monoisotopic (exact) mass is 661 g/mol. The highest BCUT2D eigenvalue weighted by atomic mass is 32.2. The van der Waals surface area contributed by atoms with Crippen LogP contribution in [0, 0.1) is 17.7 Å². The molecule has 3 N–H and O–H groups in total. The van der Waals surface area contributed by atoms with Crippen molar-refractivity contribution in [3.63, 3.8) is 0 Å². The third kappa shape index (κ3) is 7.52. The van der Waals surface area contributed by atoms with Gasteiger partial charge in [0.25, 0.3) is 10.0 Å². The van der Waals surface area contributed by atoms with Crippen LogP contribution in [0.3, 0.4) is 0 Å². The molecule has 1 heterocycles. The van der Waals surface area contributed by atoms with E-state index < -0.39 is 62.9 Å². The van der Waals surface area contributed by atoms with Crippen LogP contribution in [0.5, 0.6) is 0 Å². The number of alkyl halides is 3. The summed E-state index contributed by atoms with van der Waals surface area (Å²) >= 11 is 0. The van der Waals surface area contributed by atoms with E-state index in [1.54, 1.807) is 24.3 Å². The molecule has 13 heteroatoms. The Morgan fingerprint density at radius 1 is 0.935 bits per heavy atom.